The van der Waals surface area contributed by atoms with Crippen molar-refractivity contribution in [2.75, 3.05) is 6.54 Å². The fourth-order valence-corrected chi connectivity index (χ4v) is 1.19. The molecule has 0 radical (unpaired) electrons. The van der Waals surface area contributed by atoms with Crippen LogP contribution < -0.4 is 10.3 Å². The van der Waals surface area contributed by atoms with Gasteiger partial charge in [-0.05, 0) is 6.42 Å². The Bertz CT molecular complexity index is 373. The van der Waals surface area contributed by atoms with E-state index in [0.717, 1.165) is 13.1 Å². The van der Waals surface area contributed by atoms with Gasteiger partial charge in [-0.25, -0.2) is 9.13 Å². The van der Waals surface area contributed by atoms with Crippen LogP contribution in [0.1, 0.15) is 19.8 Å². The molecule has 0 atom stereocenters. The molecule has 0 saturated carbocycles. The Balaban J connectivity index is 0.000000399. The fraction of sp³-hybridized carbons (Fsp3) is 0.667. The van der Waals surface area contributed by atoms with E-state index in [1.807, 2.05) is 0 Å². The number of imidazole rings is 1. The number of hydrogen-bond acceptors (Lipinski definition) is 1. The Hall–Kier alpha value is -0.820. The molecule has 10 heteroatoms. The van der Waals surface area contributed by atoms with Gasteiger partial charge in [0.15, 0.2) is 0 Å². The molecule has 2 N–H and O–H groups in total. The van der Waals surface area contributed by atoms with E-state index < -0.39 is 7.81 Å². The Morgan fingerprint density at radius 3 is 2.11 bits per heavy atom. The van der Waals surface area contributed by atoms with Crippen LogP contribution in [0.4, 0.5) is 25.2 Å². The van der Waals surface area contributed by atoms with E-state index in [1.54, 1.807) is 0 Å². The van der Waals surface area contributed by atoms with Crippen LogP contribution in [0.15, 0.2) is 18.7 Å². The van der Waals surface area contributed by atoms with Crippen LogP contribution >= 0.6 is 7.81 Å². The molecular weight excluding hydrogens is 295 g/mol. The molecule has 0 bridgehead atoms. The van der Waals surface area contributed by atoms with Crippen LogP contribution in [0.5, 0.6) is 0 Å². The van der Waals surface area contributed by atoms with Crippen molar-refractivity contribution < 1.29 is 29.7 Å². The molecule has 3 nitrogen and oxygen atoms in total. The standard InChI is InChI=1S/C9H18N3.F6P/c1-2-3-5-11-7-8-12(9-11)6-4-10;1-7(2,3,4,5)6/h7-9H,2-6,10H2,1H3;/q+1;-1. The zero-order valence-electron chi connectivity index (χ0n) is 10.5. The number of rotatable bonds is 5. The summed E-state index contributed by atoms with van der Waals surface area (Å²) < 4.78 is 63.5. The molecule has 0 aliphatic heterocycles. The molecule has 0 aliphatic rings. The molecule has 0 saturated heterocycles. The number of aromatic nitrogens is 2. The second-order valence-corrected chi connectivity index (χ2v) is 5.91. The minimum absolute atomic E-state index is 0.711. The van der Waals surface area contributed by atoms with Crippen LogP contribution in [0.2, 0.25) is 0 Å². The van der Waals surface area contributed by atoms with Gasteiger partial charge in [-0.15, -0.1) is 0 Å². The SMILES string of the molecule is CCCCn1cc[n+](CCN)c1.F[P-](F)(F)(F)(F)F. The van der Waals surface area contributed by atoms with Gasteiger partial charge in [0.05, 0.1) is 6.54 Å². The third kappa shape index (κ3) is 17.2. The summed E-state index contributed by atoms with van der Waals surface area (Å²) in [6, 6.07) is 0. The average Bonchev–Trinajstić information content (AvgIpc) is 2.58. The molecule has 0 spiro atoms. The first-order valence-electron chi connectivity index (χ1n) is 5.63. The average molecular weight is 313 g/mol. The molecule has 1 heterocycles. The summed E-state index contributed by atoms with van der Waals surface area (Å²) in [6.45, 7) is 4.95. The molecule has 1 aromatic heterocycles. The van der Waals surface area contributed by atoms with Gasteiger partial charge in [-0.1, -0.05) is 13.3 Å². The van der Waals surface area contributed by atoms with Gasteiger partial charge in [-0.2, -0.15) is 0 Å². The fourth-order valence-electron chi connectivity index (χ4n) is 1.19. The quantitative estimate of drug-likeness (QED) is 0.499. The van der Waals surface area contributed by atoms with Gasteiger partial charge in [0.2, 0.25) is 6.33 Å². The van der Waals surface area contributed by atoms with E-state index in [9.17, 15) is 25.2 Å². The van der Waals surface area contributed by atoms with Crippen molar-refractivity contribution in [2.45, 2.75) is 32.9 Å². The van der Waals surface area contributed by atoms with Crippen molar-refractivity contribution in [2.24, 2.45) is 5.73 Å². The summed E-state index contributed by atoms with van der Waals surface area (Å²) in [5, 5.41) is 0. The summed E-state index contributed by atoms with van der Waals surface area (Å²) >= 11 is 0. The zero-order chi connectivity index (χ0) is 15.2. The molecule has 1 aromatic rings. The number of unbranched alkanes of at least 4 members (excludes halogenated alkanes) is 1. The van der Waals surface area contributed by atoms with Crippen molar-refractivity contribution in [3.8, 4) is 0 Å². The Morgan fingerprint density at radius 1 is 1.16 bits per heavy atom. The summed E-state index contributed by atoms with van der Waals surface area (Å²) in [5.74, 6) is 0. The van der Waals surface area contributed by atoms with E-state index >= 15 is 0 Å². The predicted octanol–water partition coefficient (Wildman–Crippen LogP) is 3.92. The Morgan fingerprint density at radius 2 is 1.68 bits per heavy atom. The molecule has 0 unspecified atom stereocenters. The maximum atomic E-state index is 9.87. The Labute approximate surface area is 107 Å². The van der Waals surface area contributed by atoms with Crippen LogP contribution in [0.3, 0.4) is 0 Å². The normalized spacial score (nSPS) is 15.2. The molecule has 19 heavy (non-hydrogen) atoms. The van der Waals surface area contributed by atoms with E-state index in [2.05, 4.69) is 34.8 Å². The van der Waals surface area contributed by atoms with E-state index in [0.29, 0.717) is 6.54 Å². The van der Waals surface area contributed by atoms with Gasteiger partial charge >= 0.3 is 33.0 Å². The second kappa shape index (κ2) is 5.66. The molecule has 0 aromatic carbocycles. The van der Waals surface area contributed by atoms with Crippen molar-refractivity contribution in [3.63, 3.8) is 0 Å². The van der Waals surface area contributed by atoms with E-state index in [4.69, 9.17) is 5.73 Å². The molecular formula is C9H18F6N3P. The first-order valence-corrected chi connectivity index (χ1v) is 7.66. The van der Waals surface area contributed by atoms with Gasteiger partial charge in [0.1, 0.15) is 18.9 Å². The number of nitrogens with two attached hydrogens (primary N) is 1. The molecule has 0 aliphatic carbocycles. The topological polar surface area (TPSA) is 34.8 Å². The maximum absolute atomic E-state index is 10.7. The van der Waals surface area contributed by atoms with Crippen LogP contribution in [-0.2, 0) is 13.1 Å². The molecule has 116 valence electrons. The van der Waals surface area contributed by atoms with E-state index in [1.165, 1.54) is 12.8 Å². The first kappa shape index (κ1) is 18.2. The van der Waals surface area contributed by atoms with Crippen LogP contribution in [0.25, 0.3) is 0 Å². The predicted molar refractivity (Wildman–Crippen MR) is 62.2 cm³/mol. The van der Waals surface area contributed by atoms with Gasteiger partial charge in [-0.3, -0.25) is 0 Å². The number of hydrogen-bond donors (Lipinski definition) is 1. The third-order valence-corrected chi connectivity index (χ3v) is 1.90. The Kier molecular flexibility index (Phi) is 5.42. The van der Waals surface area contributed by atoms with Crippen LogP contribution in [0, 0.1) is 0 Å². The summed E-state index contributed by atoms with van der Waals surface area (Å²) in [4.78, 5) is 0. The number of halogens is 6. The third-order valence-electron chi connectivity index (χ3n) is 1.90. The summed E-state index contributed by atoms with van der Waals surface area (Å²) in [5.41, 5.74) is 5.44. The minimum atomic E-state index is -10.7. The van der Waals surface area contributed by atoms with Crippen molar-refractivity contribution in [1.82, 2.24) is 4.57 Å². The van der Waals surface area contributed by atoms with Crippen molar-refractivity contribution in [1.29, 1.82) is 0 Å². The molecule has 0 amide bonds. The van der Waals surface area contributed by atoms with Crippen molar-refractivity contribution in [3.05, 3.63) is 18.7 Å². The van der Waals surface area contributed by atoms with Gasteiger partial charge < -0.3 is 5.73 Å². The monoisotopic (exact) mass is 313 g/mol. The van der Waals surface area contributed by atoms with Gasteiger partial charge in [0, 0.05) is 6.54 Å². The molecule has 1 rings (SSSR count). The summed E-state index contributed by atoms with van der Waals surface area (Å²) in [6.07, 6.45) is 8.78. The van der Waals surface area contributed by atoms with Crippen molar-refractivity contribution >= 4 is 7.81 Å². The number of aryl methyl sites for hydroxylation is 1. The van der Waals surface area contributed by atoms with Gasteiger partial charge in [0.25, 0.3) is 0 Å². The first-order chi connectivity index (χ1) is 8.31. The van der Waals surface area contributed by atoms with Crippen LogP contribution in [-0.4, -0.2) is 11.1 Å². The zero-order valence-corrected chi connectivity index (χ0v) is 11.3. The molecule has 0 fully saturated rings. The van der Waals surface area contributed by atoms with E-state index in [-0.39, 0.29) is 0 Å². The number of nitrogens with zero attached hydrogens (tertiary/aromatic N) is 2. The second-order valence-electron chi connectivity index (χ2n) is 3.99. The summed E-state index contributed by atoms with van der Waals surface area (Å²) in [7, 11) is -10.7.